The highest BCUT2D eigenvalue weighted by Crippen LogP contribution is 2.27. The van der Waals surface area contributed by atoms with Crippen molar-refractivity contribution in [3.8, 4) is 0 Å². The second-order valence-corrected chi connectivity index (χ2v) is 4.97. The second kappa shape index (κ2) is 4.09. The molecule has 0 bridgehead atoms. The first kappa shape index (κ1) is 10.3. The van der Waals surface area contributed by atoms with Crippen LogP contribution in [0.2, 0.25) is 5.02 Å². The van der Waals surface area contributed by atoms with Gasteiger partial charge in [0.1, 0.15) is 0 Å². The molecule has 0 aliphatic carbocycles. The first-order valence-electron chi connectivity index (χ1n) is 4.62. The Bertz CT molecular complexity index is 323. The minimum Gasteiger partial charge on any atom is -0.370 e. The number of rotatable bonds is 1. The minimum atomic E-state index is 0.299. The summed E-state index contributed by atoms with van der Waals surface area (Å²) in [7, 11) is 0. The highest BCUT2D eigenvalue weighted by molar-refractivity contribution is 9.10. The third-order valence-corrected chi connectivity index (χ3v) is 3.11. The van der Waals surface area contributed by atoms with E-state index < -0.39 is 0 Å². The van der Waals surface area contributed by atoms with Gasteiger partial charge in [0, 0.05) is 34.3 Å². The Morgan fingerprint density at radius 2 is 2.21 bits per heavy atom. The monoisotopic (exact) mass is 274 g/mol. The predicted octanol–water partition coefficient (Wildman–Crippen LogP) is 2.64. The first-order valence-corrected chi connectivity index (χ1v) is 5.79. The topological polar surface area (TPSA) is 29.3 Å². The van der Waals surface area contributed by atoms with Crippen molar-refractivity contribution in [2.45, 2.75) is 12.5 Å². The summed E-state index contributed by atoms with van der Waals surface area (Å²) >= 11 is 9.41. The summed E-state index contributed by atoms with van der Waals surface area (Å²) in [6.07, 6.45) is 1.06. The van der Waals surface area contributed by atoms with Crippen molar-refractivity contribution < 1.29 is 0 Å². The van der Waals surface area contributed by atoms with Crippen LogP contribution in [-0.2, 0) is 0 Å². The average molecular weight is 276 g/mol. The van der Waals surface area contributed by atoms with Crippen LogP contribution >= 0.6 is 27.5 Å². The van der Waals surface area contributed by atoms with Crippen LogP contribution in [0.5, 0.6) is 0 Å². The average Bonchev–Trinajstić information content (AvgIpc) is 2.50. The number of hydrogen-bond donors (Lipinski definition) is 1. The van der Waals surface area contributed by atoms with Gasteiger partial charge in [-0.1, -0.05) is 27.5 Å². The maximum atomic E-state index is 5.98. The van der Waals surface area contributed by atoms with Crippen molar-refractivity contribution >= 4 is 33.2 Å². The molecule has 14 heavy (non-hydrogen) atoms. The number of halogens is 2. The van der Waals surface area contributed by atoms with Crippen molar-refractivity contribution in [2.24, 2.45) is 5.73 Å². The molecule has 2 rings (SSSR count). The van der Waals surface area contributed by atoms with E-state index in [1.807, 2.05) is 12.1 Å². The van der Waals surface area contributed by atoms with E-state index in [1.54, 1.807) is 0 Å². The summed E-state index contributed by atoms with van der Waals surface area (Å²) < 4.78 is 1.01. The molecule has 4 heteroatoms. The summed E-state index contributed by atoms with van der Waals surface area (Å²) in [6, 6.07) is 6.24. The van der Waals surface area contributed by atoms with Crippen LogP contribution < -0.4 is 10.6 Å². The van der Waals surface area contributed by atoms with Crippen LogP contribution in [-0.4, -0.2) is 19.1 Å². The summed E-state index contributed by atoms with van der Waals surface area (Å²) in [6.45, 7) is 1.95. The van der Waals surface area contributed by atoms with E-state index in [9.17, 15) is 0 Å². The zero-order chi connectivity index (χ0) is 10.1. The Labute approximate surface area is 97.2 Å². The molecule has 2 nitrogen and oxygen atoms in total. The Morgan fingerprint density at radius 3 is 2.79 bits per heavy atom. The number of hydrogen-bond acceptors (Lipinski definition) is 2. The lowest BCUT2D eigenvalue weighted by Crippen LogP contribution is -2.26. The molecule has 1 aliphatic heterocycles. The molecule has 1 fully saturated rings. The molecule has 1 aromatic rings. The molecule has 1 heterocycles. The number of nitrogens with two attached hydrogens (primary N) is 1. The second-order valence-electron chi connectivity index (χ2n) is 3.62. The third-order valence-electron chi connectivity index (χ3n) is 2.44. The van der Waals surface area contributed by atoms with Gasteiger partial charge in [0.15, 0.2) is 0 Å². The van der Waals surface area contributed by atoms with E-state index in [0.717, 1.165) is 34.7 Å². The maximum Gasteiger partial charge on any atom is 0.0437 e. The number of nitrogens with zero attached hydrogens (tertiary/aromatic N) is 1. The van der Waals surface area contributed by atoms with Gasteiger partial charge in [-0.25, -0.2) is 0 Å². The predicted molar refractivity (Wildman–Crippen MR) is 64.0 cm³/mol. The molecule has 0 radical (unpaired) electrons. The molecule has 1 aromatic carbocycles. The molecule has 0 spiro atoms. The van der Waals surface area contributed by atoms with Crippen molar-refractivity contribution in [1.82, 2.24) is 0 Å². The summed E-state index contributed by atoms with van der Waals surface area (Å²) in [5, 5.41) is 0.759. The minimum absolute atomic E-state index is 0.299. The number of anilines is 1. The Morgan fingerprint density at radius 1 is 1.43 bits per heavy atom. The highest BCUT2D eigenvalue weighted by Gasteiger charge is 2.19. The molecule has 1 atom stereocenters. The van der Waals surface area contributed by atoms with Crippen LogP contribution in [0.1, 0.15) is 6.42 Å². The molecule has 76 valence electrons. The summed E-state index contributed by atoms with van der Waals surface area (Å²) in [5.41, 5.74) is 7.00. The van der Waals surface area contributed by atoms with E-state index in [1.165, 1.54) is 0 Å². The molecular formula is C10H12BrClN2. The lowest BCUT2D eigenvalue weighted by atomic mass is 10.3. The van der Waals surface area contributed by atoms with Gasteiger partial charge >= 0.3 is 0 Å². The third kappa shape index (κ3) is 2.22. The SMILES string of the molecule is N[C@@H]1CCN(c2cc(Cl)cc(Br)c2)C1. The fourth-order valence-corrected chi connectivity index (χ4v) is 2.59. The molecule has 1 aliphatic rings. The zero-order valence-corrected chi connectivity index (χ0v) is 10.1. The zero-order valence-electron chi connectivity index (χ0n) is 7.71. The number of benzene rings is 1. The van der Waals surface area contributed by atoms with Gasteiger partial charge in [-0.3, -0.25) is 0 Å². The van der Waals surface area contributed by atoms with Crippen LogP contribution in [0.15, 0.2) is 22.7 Å². The van der Waals surface area contributed by atoms with Crippen molar-refractivity contribution in [3.05, 3.63) is 27.7 Å². The van der Waals surface area contributed by atoms with Crippen LogP contribution in [0.3, 0.4) is 0 Å². The molecule has 0 amide bonds. The van der Waals surface area contributed by atoms with Gasteiger partial charge in [0.05, 0.1) is 0 Å². The highest BCUT2D eigenvalue weighted by atomic mass is 79.9. The van der Waals surface area contributed by atoms with E-state index in [-0.39, 0.29) is 0 Å². The van der Waals surface area contributed by atoms with E-state index in [0.29, 0.717) is 6.04 Å². The van der Waals surface area contributed by atoms with E-state index in [4.69, 9.17) is 17.3 Å². The van der Waals surface area contributed by atoms with Gasteiger partial charge < -0.3 is 10.6 Å². The Kier molecular flexibility index (Phi) is 3.00. The maximum absolute atomic E-state index is 5.98. The molecule has 0 saturated carbocycles. The lowest BCUT2D eigenvalue weighted by molar-refractivity contribution is 0.752. The fraction of sp³-hybridized carbons (Fsp3) is 0.400. The fourth-order valence-electron chi connectivity index (χ4n) is 1.74. The molecule has 1 saturated heterocycles. The smallest absolute Gasteiger partial charge is 0.0437 e. The quantitative estimate of drug-likeness (QED) is 0.854. The van der Waals surface area contributed by atoms with E-state index in [2.05, 4.69) is 26.9 Å². The Hall–Kier alpha value is -0.250. The van der Waals surface area contributed by atoms with Crippen molar-refractivity contribution in [2.75, 3.05) is 18.0 Å². The normalized spacial score (nSPS) is 21.6. The lowest BCUT2D eigenvalue weighted by Gasteiger charge is -2.18. The Balaban J connectivity index is 2.23. The molecule has 0 aromatic heterocycles. The molecular weight excluding hydrogens is 263 g/mol. The van der Waals surface area contributed by atoms with Crippen molar-refractivity contribution in [3.63, 3.8) is 0 Å². The molecule has 0 unspecified atom stereocenters. The molecule has 2 N–H and O–H groups in total. The summed E-state index contributed by atoms with van der Waals surface area (Å²) in [5.74, 6) is 0. The largest absolute Gasteiger partial charge is 0.370 e. The van der Waals surface area contributed by atoms with Gasteiger partial charge in [0.25, 0.3) is 0 Å². The first-order chi connectivity index (χ1) is 6.65. The van der Waals surface area contributed by atoms with Crippen LogP contribution in [0.4, 0.5) is 5.69 Å². The summed E-state index contributed by atoms with van der Waals surface area (Å²) in [4.78, 5) is 2.27. The van der Waals surface area contributed by atoms with Gasteiger partial charge in [-0.15, -0.1) is 0 Å². The van der Waals surface area contributed by atoms with Crippen LogP contribution in [0.25, 0.3) is 0 Å². The van der Waals surface area contributed by atoms with Gasteiger partial charge in [-0.2, -0.15) is 0 Å². The van der Waals surface area contributed by atoms with Gasteiger partial charge in [-0.05, 0) is 24.6 Å². The van der Waals surface area contributed by atoms with Crippen molar-refractivity contribution in [1.29, 1.82) is 0 Å². The van der Waals surface area contributed by atoms with Gasteiger partial charge in [0.2, 0.25) is 0 Å². The standard InChI is InChI=1S/C10H12BrClN2/c11-7-3-8(12)5-10(4-7)14-2-1-9(13)6-14/h3-5,9H,1-2,6,13H2/t9-/m1/s1. The van der Waals surface area contributed by atoms with E-state index >= 15 is 0 Å². The van der Waals surface area contributed by atoms with Crippen LogP contribution in [0, 0.1) is 0 Å².